The maximum absolute atomic E-state index is 12.9. The van der Waals surface area contributed by atoms with E-state index in [0.29, 0.717) is 29.1 Å². The number of allylic oxidation sites excluding steroid dienone is 1. The molecule has 0 spiro atoms. The van der Waals surface area contributed by atoms with Crippen LogP contribution >= 0.6 is 11.6 Å². The maximum atomic E-state index is 12.9. The number of para-hydroxylation sites is 1. The minimum atomic E-state index is -0.128. The highest BCUT2D eigenvalue weighted by atomic mass is 35.5. The van der Waals surface area contributed by atoms with Crippen molar-refractivity contribution >= 4 is 42.4 Å². The normalized spacial score (nSPS) is 16.4. The van der Waals surface area contributed by atoms with E-state index in [0.717, 1.165) is 48.5 Å². The number of carbonyl (C=O) groups excluding carboxylic acids is 2. The van der Waals surface area contributed by atoms with E-state index in [2.05, 4.69) is 52.8 Å². The second-order valence-corrected chi connectivity index (χ2v) is 10.5. The predicted octanol–water partition coefficient (Wildman–Crippen LogP) is 6.53. The quantitative estimate of drug-likeness (QED) is 0.173. The summed E-state index contributed by atoms with van der Waals surface area (Å²) in [6, 6.07) is 15.5. The first-order valence-corrected chi connectivity index (χ1v) is 14.3. The molecule has 2 unspecified atom stereocenters. The van der Waals surface area contributed by atoms with E-state index < -0.39 is 0 Å². The van der Waals surface area contributed by atoms with Gasteiger partial charge in [-0.25, -0.2) is 0 Å². The number of anilines is 1. The van der Waals surface area contributed by atoms with E-state index in [4.69, 9.17) is 16.4 Å². The van der Waals surface area contributed by atoms with E-state index in [9.17, 15) is 4.79 Å². The second kappa shape index (κ2) is 18.9. The molecule has 1 aliphatic rings. The molecule has 2 aromatic rings. The highest BCUT2D eigenvalue weighted by Gasteiger charge is 2.28. The SMILES string of the molecule is C=N/N=C(/c1cc(Cl)ccc1CC(C)C)C1CNCC(CNC(C(=O)Nc2ccccc2)=C(C)C)C1.C=O.CC. The zero-order valence-electron chi connectivity index (χ0n) is 24.9. The van der Waals surface area contributed by atoms with Crippen LogP contribution in [0.1, 0.15) is 59.1 Å². The second-order valence-electron chi connectivity index (χ2n) is 10.1. The van der Waals surface area contributed by atoms with Crippen molar-refractivity contribution in [2.45, 2.75) is 54.4 Å². The van der Waals surface area contributed by atoms with Crippen molar-refractivity contribution in [1.29, 1.82) is 0 Å². The molecule has 0 bridgehead atoms. The number of hydrogen-bond donors (Lipinski definition) is 3. The lowest BCUT2D eigenvalue weighted by atomic mass is 9.82. The zero-order valence-corrected chi connectivity index (χ0v) is 25.6. The van der Waals surface area contributed by atoms with Crippen LogP contribution in [0.2, 0.25) is 5.02 Å². The largest absolute Gasteiger partial charge is 0.380 e. The van der Waals surface area contributed by atoms with Crippen molar-refractivity contribution in [3.63, 3.8) is 0 Å². The Hall–Kier alpha value is -3.29. The molecular formula is C32H46ClN5O2. The molecule has 3 rings (SSSR count). The highest BCUT2D eigenvalue weighted by Crippen LogP contribution is 2.27. The van der Waals surface area contributed by atoms with E-state index in [-0.39, 0.29) is 11.8 Å². The Morgan fingerprint density at radius 1 is 1.10 bits per heavy atom. The average Bonchev–Trinajstić information content (AvgIpc) is 2.95. The maximum Gasteiger partial charge on any atom is 0.271 e. The summed E-state index contributed by atoms with van der Waals surface area (Å²) in [4.78, 5) is 20.9. The molecule has 1 heterocycles. The molecule has 3 N–H and O–H groups in total. The Morgan fingerprint density at radius 2 is 1.77 bits per heavy atom. The van der Waals surface area contributed by atoms with Crippen LogP contribution in [-0.2, 0) is 16.0 Å². The molecule has 40 heavy (non-hydrogen) atoms. The summed E-state index contributed by atoms with van der Waals surface area (Å²) in [5, 5.41) is 19.1. The number of nitrogens with one attached hydrogen (secondary N) is 3. The lowest BCUT2D eigenvalue weighted by Crippen LogP contribution is -2.44. The third-order valence-electron chi connectivity index (χ3n) is 6.31. The standard InChI is InChI=1S/C29H38ClN5O.C2H6.CH2O/c1-19(2)13-22-11-12-24(30)15-26(22)28(35-31-5)23-14-21(16-32-18-23)17-33-27(20(3)4)29(36)34-25-9-7-6-8-10-25;2*1-2/h6-12,15,19,21,23,32-33H,5,13-14,16-18H2,1-4H3,(H,34,36);1-2H3;1H2/b35-28+;;. The Morgan fingerprint density at radius 3 is 2.38 bits per heavy atom. The van der Waals surface area contributed by atoms with Crippen LogP contribution in [0.3, 0.4) is 0 Å². The van der Waals surface area contributed by atoms with Crippen LogP contribution < -0.4 is 16.0 Å². The third-order valence-corrected chi connectivity index (χ3v) is 6.54. The van der Waals surface area contributed by atoms with Gasteiger partial charge in [0.1, 0.15) is 6.79 Å². The number of hydrogen-bond acceptors (Lipinski definition) is 6. The smallest absolute Gasteiger partial charge is 0.271 e. The van der Waals surface area contributed by atoms with Crippen molar-refractivity contribution in [2.24, 2.45) is 28.0 Å². The molecule has 0 saturated carbocycles. The van der Waals surface area contributed by atoms with Gasteiger partial charge in [0, 0.05) is 42.0 Å². The Kier molecular flexibility index (Phi) is 16.4. The summed E-state index contributed by atoms with van der Waals surface area (Å²) in [7, 11) is 0. The molecule has 1 aliphatic heterocycles. The van der Waals surface area contributed by atoms with Crippen LogP contribution in [-0.4, -0.2) is 44.8 Å². The molecular weight excluding hydrogens is 522 g/mol. The van der Waals surface area contributed by atoms with Gasteiger partial charge in [-0.1, -0.05) is 63.6 Å². The third kappa shape index (κ3) is 11.1. The Balaban J connectivity index is 0.00000191. The van der Waals surface area contributed by atoms with Gasteiger partial charge in [-0.05, 0) is 80.5 Å². The summed E-state index contributed by atoms with van der Waals surface area (Å²) < 4.78 is 0. The van der Waals surface area contributed by atoms with Gasteiger partial charge < -0.3 is 20.7 Å². The van der Waals surface area contributed by atoms with E-state index in [1.807, 2.05) is 76.9 Å². The van der Waals surface area contributed by atoms with Gasteiger partial charge >= 0.3 is 0 Å². The summed E-state index contributed by atoms with van der Waals surface area (Å²) in [5.74, 6) is 0.852. The van der Waals surface area contributed by atoms with Crippen LogP contribution in [0, 0.1) is 17.8 Å². The van der Waals surface area contributed by atoms with Crippen molar-refractivity contribution in [2.75, 3.05) is 25.0 Å². The van der Waals surface area contributed by atoms with Crippen LogP contribution in [0.5, 0.6) is 0 Å². The van der Waals surface area contributed by atoms with E-state index in [1.54, 1.807) is 0 Å². The monoisotopic (exact) mass is 567 g/mol. The number of carbonyl (C=O) groups is 2. The average molecular weight is 568 g/mol. The molecule has 8 heteroatoms. The molecule has 0 radical (unpaired) electrons. The van der Waals surface area contributed by atoms with Gasteiger partial charge in [0.15, 0.2) is 0 Å². The van der Waals surface area contributed by atoms with Crippen molar-refractivity contribution in [3.8, 4) is 0 Å². The molecule has 1 saturated heterocycles. The van der Waals surface area contributed by atoms with Gasteiger partial charge in [0.25, 0.3) is 5.91 Å². The van der Waals surface area contributed by atoms with Gasteiger partial charge in [-0.3, -0.25) is 4.79 Å². The zero-order chi connectivity index (χ0) is 30.1. The van der Waals surface area contributed by atoms with Crippen molar-refractivity contribution in [1.82, 2.24) is 10.6 Å². The number of nitrogens with zero attached hydrogens (tertiary/aromatic N) is 2. The topological polar surface area (TPSA) is 94.9 Å². The lowest BCUT2D eigenvalue weighted by Gasteiger charge is -2.32. The van der Waals surface area contributed by atoms with Crippen LogP contribution in [0.15, 0.2) is 70.0 Å². The molecule has 1 amide bonds. The molecule has 7 nitrogen and oxygen atoms in total. The van der Waals surface area contributed by atoms with Gasteiger partial charge in [0.2, 0.25) is 0 Å². The van der Waals surface area contributed by atoms with Gasteiger partial charge in [-0.2, -0.15) is 10.2 Å². The first kappa shape index (κ1) is 34.7. The summed E-state index contributed by atoms with van der Waals surface area (Å²) >= 11 is 6.40. The molecule has 0 aromatic heterocycles. The van der Waals surface area contributed by atoms with Crippen molar-refractivity contribution in [3.05, 3.63) is 76.0 Å². The minimum Gasteiger partial charge on any atom is -0.380 e. The lowest BCUT2D eigenvalue weighted by molar-refractivity contribution is -0.113. The number of piperidine rings is 1. The fraction of sp³-hybridized carbons (Fsp3) is 0.438. The van der Waals surface area contributed by atoms with Crippen molar-refractivity contribution < 1.29 is 9.59 Å². The first-order valence-electron chi connectivity index (χ1n) is 13.9. The fourth-order valence-corrected chi connectivity index (χ4v) is 4.85. The molecule has 218 valence electrons. The fourth-order valence-electron chi connectivity index (χ4n) is 4.68. The number of rotatable bonds is 10. The predicted molar refractivity (Wildman–Crippen MR) is 170 cm³/mol. The van der Waals surface area contributed by atoms with Crippen LogP contribution in [0.25, 0.3) is 0 Å². The number of benzene rings is 2. The summed E-state index contributed by atoms with van der Waals surface area (Å²) in [6.45, 7) is 20.3. The molecule has 0 aliphatic carbocycles. The number of amides is 1. The van der Waals surface area contributed by atoms with Crippen LogP contribution in [0.4, 0.5) is 5.69 Å². The van der Waals surface area contributed by atoms with Gasteiger partial charge in [0.05, 0.1) is 11.4 Å². The molecule has 2 aromatic carbocycles. The minimum absolute atomic E-state index is 0.128. The summed E-state index contributed by atoms with van der Waals surface area (Å²) in [5.41, 5.74) is 5.53. The highest BCUT2D eigenvalue weighted by molar-refractivity contribution is 6.31. The Labute approximate surface area is 245 Å². The van der Waals surface area contributed by atoms with E-state index in [1.165, 1.54) is 5.56 Å². The molecule has 2 atom stereocenters. The first-order chi connectivity index (χ1) is 19.3. The summed E-state index contributed by atoms with van der Waals surface area (Å²) in [6.07, 6.45) is 1.85. The Bertz CT molecular complexity index is 1130. The number of halogens is 1. The van der Waals surface area contributed by atoms with Gasteiger partial charge in [-0.15, -0.1) is 0 Å². The molecule has 1 fully saturated rings. The van der Waals surface area contributed by atoms with E-state index >= 15 is 0 Å².